The summed E-state index contributed by atoms with van der Waals surface area (Å²) in [6.07, 6.45) is 0.750. The van der Waals surface area contributed by atoms with Crippen LogP contribution in [0.2, 0.25) is 5.02 Å². The number of methoxy groups -OCH3 is 2. The van der Waals surface area contributed by atoms with Gasteiger partial charge in [0.25, 0.3) is 5.56 Å². The number of halogens is 1. The molecule has 1 aromatic carbocycles. The van der Waals surface area contributed by atoms with Crippen LogP contribution in [0.3, 0.4) is 0 Å². The van der Waals surface area contributed by atoms with E-state index >= 15 is 0 Å². The molecule has 2 heterocycles. The summed E-state index contributed by atoms with van der Waals surface area (Å²) in [5.41, 5.74) is 1.23. The van der Waals surface area contributed by atoms with Crippen molar-refractivity contribution < 1.29 is 14.3 Å². The lowest BCUT2D eigenvalue weighted by Crippen LogP contribution is -2.27. The van der Waals surface area contributed by atoms with Crippen molar-refractivity contribution in [1.29, 1.82) is 0 Å². The van der Waals surface area contributed by atoms with E-state index in [2.05, 4.69) is 17.2 Å². The average molecular weight is 456 g/mol. The molecule has 3 rings (SSSR count). The van der Waals surface area contributed by atoms with Crippen molar-refractivity contribution in [1.82, 2.24) is 9.55 Å². The van der Waals surface area contributed by atoms with Gasteiger partial charge in [0, 0.05) is 23.8 Å². The molecule has 0 spiro atoms. The van der Waals surface area contributed by atoms with Crippen LogP contribution in [0.1, 0.15) is 12.6 Å². The molecule has 0 saturated carbocycles. The first kappa shape index (κ1) is 22.0. The first-order valence-corrected chi connectivity index (χ1v) is 11.2. The molecule has 0 fully saturated rings. The predicted molar refractivity (Wildman–Crippen MR) is 117 cm³/mol. The molecule has 2 aromatic rings. The lowest BCUT2D eigenvalue weighted by Gasteiger charge is -2.14. The Bertz CT molecular complexity index is 967. The first-order valence-electron chi connectivity index (χ1n) is 8.98. The number of hydrogen-bond acceptors (Lipinski definition) is 7. The van der Waals surface area contributed by atoms with Crippen molar-refractivity contribution in [3.8, 4) is 5.75 Å². The number of nitrogens with one attached hydrogen (secondary N) is 1. The molecule has 1 aliphatic rings. The van der Waals surface area contributed by atoms with Crippen molar-refractivity contribution in [2.75, 3.05) is 31.9 Å². The van der Waals surface area contributed by atoms with Gasteiger partial charge in [-0.05, 0) is 18.2 Å². The monoisotopic (exact) mass is 455 g/mol. The zero-order valence-electron chi connectivity index (χ0n) is 16.4. The number of nitrogens with zero attached hydrogens (tertiary/aromatic N) is 2. The van der Waals surface area contributed by atoms with Crippen molar-refractivity contribution >= 4 is 46.7 Å². The Labute approximate surface area is 182 Å². The van der Waals surface area contributed by atoms with E-state index in [0.717, 1.165) is 12.1 Å². The molecule has 0 bridgehead atoms. The zero-order valence-corrected chi connectivity index (χ0v) is 18.7. The Kier molecular flexibility index (Phi) is 7.50. The molecule has 1 aliphatic heterocycles. The number of benzene rings is 1. The van der Waals surface area contributed by atoms with Crippen LogP contribution in [0.5, 0.6) is 5.75 Å². The minimum Gasteiger partial charge on any atom is -0.495 e. The molecular formula is C19H22ClN3O4S2. The number of hydrogen-bond donors (Lipinski definition) is 1. The quantitative estimate of drug-likeness (QED) is 0.483. The lowest BCUT2D eigenvalue weighted by atomic mass is 10.2. The van der Waals surface area contributed by atoms with Gasteiger partial charge in [-0.3, -0.25) is 14.2 Å². The van der Waals surface area contributed by atoms with Crippen LogP contribution in [0, 0.1) is 0 Å². The van der Waals surface area contributed by atoms with Gasteiger partial charge < -0.3 is 14.8 Å². The highest BCUT2D eigenvalue weighted by atomic mass is 35.5. The maximum atomic E-state index is 12.9. The van der Waals surface area contributed by atoms with Gasteiger partial charge in [-0.25, -0.2) is 4.98 Å². The maximum Gasteiger partial charge on any atom is 0.268 e. The van der Waals surface area contributed by atoms with Gasteiger partial charge in [-0.2, -0.15) is 0 Å². The summed E-state index contributed by atoms with van der Waals surface area (Å²) in [5, 5.41) is 4.13. The number of amides is 1. The molecule has 1 atom stereocenters. The number of anilines is 1. The molecule has 7 nitrogen and oxygen atoms in total. The topological polar surface area (TPSA) is 82.4 Å². The fourth-order valence-corrected chi connectivity index (χ4v) is 5.04. The molecule has 1 N–H and O–H groups in total. The van der Waals surface area contributed by atoms with Crippen molar-refractivity contribution in [3.05, 3.63) is 39.3 Å². The van der Waals surface area contributed by atoms with Gasteiger partial charge in [0.05, 0.1) is 42.3 Å². The van der Waals surface area contributed by atoms with Crippen LogP contribution in [0.4, 0.5) is 5.69 Å². The number of aromatic nitrogens is 2. The average Bonchev–Trinajstić information content (AvgIpc) is 3.06. The number of ether oxygens (including phenoxy) is 2. The summed E-state index contributed by atoms with van der Waals surface area (Å²) in [6, 6.07) is 5.00. The van der Waals surface area contributed by atoms with Crippen molar-refractivity contribution in [2.24, 2.45) is 0 Å². The summed E-state index contributed by atoms with van der Waals surface area (Å²) >= 11 is 8.79. The van der Waals surface area contributed by atoms with Gasteiger partial charge in [0.15, 0.2) is 5.16 Å². The Morgan fingerprint density at radius 1 is 1.45 bits per heavy atom. The van der Waals surface area contributed by atoms with E-state index in [4.69, 9.17) is 21.1 Å². The van der Waals surface area contributed by atoms with E-state index in [-0.39, 0.29) is 17.2 Å². The maximum absolute atomic E-state index is 12.9. The van der Waals surface area contributed by atoms with Gasteiger partial charge in [0.1, 0.15) is 5.75 Å². The molecule has 1 unspecified atom stereocenters. The predicted octanol–water partition coefficient (Wildman–Crippen LogP) is 3.32. The molecule has 0 radical (unpaired) electrons. The van der Waals surface area contributed by atoms with E-state index in [9.17, 15) is 9.59 Å². The summed E-state index contributed by atoms with van der Waals surface area (Å²) in [4.78, 5) is 30.7. The number of fused-ring (bicyclic) bond motifs is 1. The third-order valence-electron chi connectivity index (χ3n) is 4.25. The zero-order chi connectivity index (χ0) is 21.0. The SMILES string of the molecule is COCCn1c(SCC(=O)Nc2cc(Cl)ccc2OC)nc2c(c1=O)SC(C)C2. The molecule has 10 heteroatoms. The number of thioether (sulfide) groups is 2. The molecule has 0 aliphatic carbocycles. The number of rotatable bonds is 8. The second-order valence-corrected chi connectivity index (χ2v) is 9.26. The van der Waals surface area contributed by atoms with Gasteiger partial charge in [0.2, 0.25) is 5.91 Å². The van der Waals surface area contributed by atoms with Crippen LogP contribution < -0.4 is 15.6 Å². The summed E-state index contributed by atoms with van der Waals surface area (Å²) in [6.45, 7) is 2.85. The van der Waals surface area contributed by atoms with E-state index in [1.54, 1.807) is 41.6 Å². The van der Waals surface area contributed by atoms with Crippen LogP contribution in [-0.4, -0.2) is 47.3 Å². The lowest BCUT2D eigenvalue weighted by molar-refractivity contribution is -0.113. The molecular weight excluding hydrogens is 434 g/mol. The van der Waals surface area contributed by atoms with E-state index < -0.39 is 0 Å². The van der Waals surface area contributed by atoms with Crippen LogP contribution in [0.15, 0.2) is 33.0 Å². The highest BCUT2D eigenvalue weighted by Gasteiger charge is 2.26. The third kappa shape index (κ3) is 5.28. The molecule has 0 saturated heterocycles. The molecule has 29 heavy (non-hydrogen) atoms. The molecule has 1 amide bonds. The second kappa shape index (κ2) is 9.88. The Balaban J connectivity index is 1.77. The van der Waals surface area contributed by atoms with Crippen LogP contribution in [-0.2, 0) is 22.5 Å². The van der Waals surface area contributed by atoms with Crippen molar-refractivity contribution in [3.63, 3.8) is 0 Å². The highest BCUT2D eigenvalue weighted by molar-refractivity contribution is 8.00. The molecule has 156 valence electrons. The van der Waals surface area contributed by atoms with E-state index in [1.807, 2.05) is 0 Å². The Hall–Kier alpha value is -1.68. The second-order valence-electron chi connectivity index (χ2n) is 6.43. The van der Waals surface area contributed by atoms with E-state index in [1.165, 1.54) is 18.9 Å². The van der Waals surface area contributed by atoms with Gasteiger partial charge >= 0.3 is 0 Å². The normalized spacial score (nSPS) is 15.2. The Morgan fingerprint density at radius 3 is 2.97 bits per heavy atom. The van der Waals surface area contributed by atoms with Crippen molar-refractivity contribution in [2.45, 2.75) is 35.2 Å². The number of carbonyl (C=O) groups excluding carboxylic acids is 1. The van der Waals surface area contributed by atoms with Crippen LogP contribution in [0.25, 0.3) is 0 Å². The minimum absolute atomic E-state index is 0.0687. The Morgan fingerprint density at radius 2 is 2.24 bits per heavy atom. The minimum atomic E-state index is -0.244. The smallest absolute Gasteiger partial charge is 0.268 e. The number of carbonyl (C=O) groups is 1. The van der Waals surface area contributed by atoms with E-state index in [0.29, 0.717) is 44.9 Å². The fraction of sp³-hybridized carbons (Fsp3) is 0.421. The van der Waals surface area contributed by atoms with Gasteiger partial charge in [-0.1, -0.05) is 30.3 Å². The summed E-state index contributed by atoms with van der Waals surface area (Å²) < 4.78 is 12.0. The standard InChI is InChI=1S/C19H22ClN3O4S2/c1-11-8-14-17(29-11)18(25)23(6-7-26-2)19(22-14)28-10-16(24)21-13-9-12(20)4-5-15(13)27-3/h4-5,9,11H,6-8,10H2,1-3H3,(H,21,24). The largest absolute Gasteiger partial charge is 0.495 e. The van der Waals surface area contributed by atoms with Gasteiger partial charge in [-0.15, -0.1) is 11.8 Å². The van der Waals surface area contributed by atoms with Crippen LogP contribution >= 0.6 is 35.1 Å². The fourth-order valence-electron chi connectivity index (χ4n) is 2.92. The molecule has 1 aromatic heterocycles. The first-order chi connectivity index (χ1) is 13.9. The third-order valence-corrected chi connectivity index (χ3v) is 6.68. The highest BCUT2D eigenvalue weighted by Crippen LogP contribution is 2.34. The summed E-state index contributed by atoms with van der Waals surface area (Å²) in [7, 11) is 3.11. The summed E-state index contributed by atoms with van der Waals surface area (Å²) in [5.74, 6) is 0.370.